The maximum atomic E-state index is 13.0. The number of sulfone groups is 1. The first-order valence-electron chi connectivity index (χ1n) is 5.94. The summed E-state index contributed by atoms with van der Waals surface area (Å²) in [5, 5.41) is 0. The van der Waals surface area contributed by atoms with Crippen LogP contribution in [-0.4, -0.2) is 43.8 Å². The lowest BCUT2D eigenvalue weighted by Crippen LogP contribution is -2.33. The zero-order chi connectivity index (χ0) is 14.0. The molecule has 2 rings (SSSR count). The molecule has 1 saturated heterocycles. The second kappa shape index (κ2) is 5.16. The number of rotatable bonds is 1. The van der Waals surface area contributed by atoms with Gasteiger partial charge in [-0.3, -0.25) is 4.79 Å². The van der Waals surface area contributed by atoms with Crippen molar-refractivity contribution in [1.29, 1.82) is 0 Å². The molecule has 0 saturated carbocycles. The number of benzene rings is 1. The number of halogens is 1. The minimum Gasteiger partial charge on any atom is -0.396 e. The number of anilines is 1. The van der Waals surface area contributed by atoms with Gasteiger partial charge in [0.2, 0.25) is 0 Å². The third kappa shape index (κ3) is 3.23. The summed E-state index contributed by atoms with van der Waals surface area (Å²) in [5.74, 6) is -0.823. The van der Waals surface area contributed by atoms with E-state index in [0.29, 0.717) is 13.0 Å². The second-order valence-electron chi connectivity index (χ2n) is 4.53. The third-order valence-electron chi connectivity index (χ3n) is 3.09. The Morgan fingerprint density at radius 2 is 2.00 bits per heavy atom. The SMILES string of the molecule is Nc1cc(C(=O)N2CCCS(=O)(=O)CC2)ccc1F. The summed E-state index contributed by atoms with van der Waals surface area (Å²) in [7, 11) is -3.06. The van der Waals surface area contributed by atoms with Crippen molar-refractivity contribution in [2.45, 2.75) is 6.42 Å². The Morgan fingerprint density at radius 3 is 2.68 bits per heavy atom. The first kappa shape index (κ1) is 13.8. The summed E-state index contributed by atoms with van der Waals surface area (Å²) in [4.78, 5) is 13.6. The van der Waals surface area contributed by atoms with E-state index in [1.165, 1.54) is 17.0 Å². The molecule has 0 atom stereocenters. The Bertz CT molecular complexity index is 601. The molecule has 19 heavy (non-hydrogen) atoms. The van der Waals surface area contributed by atoms with Crippen LogP contribution in [-0.2, 0) is 9.84 Å². The van der Waals surface area contributed by atoms with Gasteiger partial charge in [-0.2, -0.15) is 0 Å². The van der Waals surface area contributed by atoms with E-state index in [-0.39, 0.29) is 35.2 Å². The first-order chi connectivity index (χ1) is 8.89. The van der Waals surface area contributed by atoms with Crippen LogP contribution in [0.15, 0.2) is 18.2 Å². The van der Waals surface area contributed by atoms with Crippen LogP contribution < -0.4 is 5.73 Å². The van der Waals surface area contributed by atoms with Gasteiger partial charge >= 0.3 is 0 Å². The predicted octanol–water partition coefficient (Wildman–Crippen LogP) is 0.669. The number of hydrogen-bond acceptors (Lipinski definition) is 4. The fraction of sp³-hybridized carbons (Fsp3) is 0.417. The van der Waals surface area contributed by atoms with E-state index in [2.05, 4.69) is 0 Å². The van der Waals surface area contributed by atoms with E-state index < -0.39 is 15.7 Å². The summed E-state index contributed by atoms with van der Waals surface area (Å²) in [6.07, 6.45) is 0.421. The van der Waals surface area contributed by atoms with Gasteiger partial charge in [-0.05, 0) is 24.6 Å². The first-order valence-corrected chi connectivity index (χ1v) is 7.76. The summed E-state index contributed by atoms with van der Waals surface area (Å²) in [5.41, 5.74) is 5.61. The molecule has 0 spiro atoms. The lowest BCUT2D eigenvalue weighted by molar-refractivity contribution is 0.0768. The van der Waals surface area contributed by atoms with Crippen LogP contribution in [0.3, 0.4) is 0 Å². The van der Waals surface area contributed by atoms with E-state index in [9.17, 15) is 17.6 Å². The van der Waals surface area contributed by atoms with Crippen LogP contribution in [0.4, 0.5) is 10.1 Å². The van der Waals surface area contributed by atoms with Crippen LogP contribution >= 0.6 is 0 Å². The van der Waals surface area contributed by atoms with Crippen LogP contribution in [0.2, 0.25) is 0 Å². The van der Waals surface area contributed by atoms with E-state index in [4.69, 9.17) is 5.73 Å². The molecule has 0 aromatic heterocycles. The summed E-state index contributed by atoms with van der Waals surface area (Å²) < 4.78 is 36.0. The highest BCUT2D eigenvalue weighted by Crippen LogP contribution is 2.15. The lowest BCUT2D eigenvalue weighted by atomic mass is 10.1. The fourth-order valence-electron chi connectivity index (χ4n) is 2.00. The maximum Gasteiger partial charge on any atom is 0.253 e. The van der Waals surface area contributed by atoms with Crippen molar-refractivity contribution in [3.05, 3.63) is 29.6 Å². The molecule has 5 nitrogen and oxygen atoms in total. The molecule has 0 bridgehead atoms. The van der Waals surface area contributed by atoms with Gasteiger partial charge in [0.1, 0.15) is 5.82 Å². The largest absolute Gasteiger partial charge is 0.396 e. The zero-order valence-corrected chi connectivity index (χ0v) is 11.1. The monoisotopic (exact) mass is 286 g/mol. The molecule has 0 radical (unpaired) electrons. The van der Waals surface area contributed by atoms with Crippen molar-refractivity contribution in [2.24, 2.45) is 0 Å². The topological polar surface area (TPSA) is 80.5 Å². The van der Waals surface area contributed by atoms with E-state index in [1.807, 2.05) is 0 Å². The molecular weight excluding hydrogens is 271 g/mol. The molecule has 1 fully saturated rings. The molecule has 1 aliphatic rings. The average Bonchev–Trinajstić information content (AvgIpc) is 2.53. The minimum absolute atomic E-state index is 0.0323. The number of nitrogens with two attached hydrogens (primary N) is 1. The molecule has 7 heteroatoms. The van der Waals surface area contributed by atoms with Crippen molar-refractivity contribution in [3.8, 4) is 0 Å². The minimum atomic E-state index is -3.06. The standard InChI is InChI=1S/C12H15FN2O3S/c13-10-3-2-9(8-11(10)14)12(16)15-4-1-6-19(17,18)7-5-15/h2-3,8H,1,4-7,14H2. The smallest absolute Gasteiger partial charge is 0.253 e. The van der Waals surface area contributed by atoms with Crippen molar-refractivity contribution in [2.75, 3.05) is 30.3 Å². The molecule has 0 unspecified atom stereocenters. The summed E-state index contributed by atoms with van der Waals surface area (Å²) in [6.45, 7) is 0.549. The number of amides is 1. The highest BCUT2D eigenvalue weighted by molar-refractivity contribution is 7.91. The predicted molar refractivity (Wildman–Crippen MR) is 70.0 cm³/mol. The number of carbonyl (C=O) groups is 1. The van der Waals surface area contributed by atoms with Gasteiger partial charge in [0.05, 0.1) is 17.2 Å². The van der Waals surface area contributed by atoms with Gasteiger partial charge in [0.15, 0.2) is 9.84 Å². The van der Waals surface area contributed by atoms with E-state index in [0.717, 1.165) is 6.07 Å². The van der Waals surface area contributed by atoms with Gasteiger partial charge in [0.25, 0.3) is 5.91 Å². The van der Waals surface area contributed by atoms with Crippen molar-refractivity contribution in [3.63, 3.8) is 0 Å². The van der Waals surface area contributed by atoms with Gasteiger partial charge in [-0.1, -0.05) is 0 Å². The number of nitrogen functional groups attached to an aromatic ring is 1. The van der Waals surface area contributed by atoms with E-state index >= 15 is 0 Å². The highest BCUT2D eigenvalue weighted by atomic mass is 32.2. The number of nitrogens with zero attached hydrogens (tertiary/aromatic N) is 1. The average molecular weight is 286 g/mol. The Labute approximate surface area is 111 Å². The number of hydrogen-bond donors (Lipinski definition) is 1. The molecule has 1 aromatic rings. The van der Waals surface area contributed by atoms with Crippen LogP contribution in [0.5, 0.6) is 0 Å². The van der Waals surface area contributed by atoms with Crippen LogP contribution in [0.1, 0.15) is 16.8 Å². The summed E-state index contributed by atoms with van der Waals surface area (Å²) >= 11 is 0. The van der Waals surface area contributed by atoms with Crippen molar-refractivity contribution in [1.82, 2.24) is 4.90 Å². The van der Waals surface area contributed by atoms with E-state index in [1.54, 1.807) is 0 Å². The molecule has 2 N–H and O–H groups in total. The zero-order valence-electron chi connectivity index (χ0n) is 10.3. The van der Waals surface area contributed by atoms with Gasteiger partial charge in [0, 0.05) is 18.7 Å². The fourth-order valence-corrected chi connectivity index (χ4v) is 3.27. The van der Waals surface area contributed by atoms with Crippen molar-refractivity contribution >= 4 is 21.4 Å². The molecular formula is C12H15FN2O3S. The Hall–Kier alpha value is -1.63. The molecule has 0 aliphatic carbocycles. The van der Waals surface area contributed by atoms with Gasteiger partial charge < -0.3 is 10.6 Å². The molecule has 1 aromatic carbocycles. The molecule has 1 aliphatic heterocycles. The maximum absolute atomic E-state index is 13.0. The quantitative estimate of drug-likeness (QED) is 0.769. The van der Waals surface area contributed by atoms with Crippen LogP contribution in [0, 0.1) is 5.82 Å². The Kier molecular flexibility index (Phi) is 3.75. The Morgan fingerprint density at radius 1 is 1.26 bits per heavy atom. The van der Waals surface area contributed by atoms with Gasteiger partial charge in [-0.15, -0.1) is 0 Å². The number of carbonyl (C=O) groups excluding carboxylic acids is 1. The second-order valence-corrected chi connectivity index (χ2v) is 6.84. The molecule has 1 heterocycles. The van der Waals surface area contributed by atoms with Gasteiger partial charge in [-0.25, -0.2) is 12.8 Å². The third-order valence-corrected chi connectivity index (χ3v) is 4.80. The van der Waals surface area contributed by atoms with Crippen LogP contribution in [0.25, 0.3) is 0 Å². The highest BCUT2D eigenvalue weighted by Gasteiger charge is 2.23. The Balaban J connectivity index is 2.17. The summed E-state index contributed by atoms with van der Waals surface area (Å²) in [6, 6.07) is 3.77. The molecule has 1 amide bonds. The lowest BCUT2D eigenvalue weighted by Gasteiger charge is -2.19. The normalized spacial score (nSPS) is 18.9. The van der Waals surface area contributed by atoms with Crippen molar-refractivity contribution < 1.29 is 17.6 Å². The molecule has 104 valence electrons.